The molecule has 0 fully saturated rings. The summed E-state index contributed by atoms with van der Waals surface area (Å²) in [5.41, 5.74) is 1.13. The Morgan fingerprint density at radius 3 is 2.12 bits per heavy atom. The van der Waals surface area contributed by atoms with Crippen LogP contribution in [-0.4, -0.2) is 33.3 Å². The molecule has 0 atom stereocenters. The van der Waals surface area contributed by atoms with Gasteiger partial charge in [-0.2, -0.15) is 0 Å². The molecule has 1 rings (SSSR count). The summed E-state index contributed by atoms with van der Waals surface area (Å²) in [6.45, 7) is 0.353. The summed E-state index contributed by atoms with van der Waals surface area (Å²) in [5.74, 6) is -1.15. The highest BCUT2D eigenvalue weighted by Crippen LogP contribution is 2.15. The Morgan fingerprint density at radius 2 is 1.59 bits per heavy atom. The van der Waals surface area contributed by atoms with Gasteiger partial charge < -0.3 is 14.2 Å². The highest BCUT2D eigenvalue weighted by Gasteiger charge is 2.18. The minimum atomic E-state index is -0.580. The van der Waals surface area contributed by atoms with Crippen molar-refractivity contribution in [1.29, 1.82) is 0 Å². The predicted octanol–water partition coefficient (Wildman–Crippen LogP) is 1.41. The van der Waals surface area contributed by atoms with E-state index in [1.54, 1.807) is 19.2 Å². The number of methoxy groups -OCH3 is 3. The number of ether oxygens (including phenoxy) is 3. The molecule has 0 amide bonds. The molecule has 0 spiro atoms. The summed E-state index contributed by atoms with van der Waals surface area (Å²) in [7, 11) is 4.06. The van der Waals surface area contributed by atoms with Crippen molar-refractivity contribution in [1.82, 2.24) is 0 Å². The van der Waals surface area contributed by atoms with Gasteiger partial charge in [0.1, 0.15) is 0 Å². The van der Waals surface area contributed by atoms with Crippen LogP contribution in [0, 0.1) is 0 Å². The van der Waals surface area contributed by atoms with E-state index in [0.717, 1.165) is 5.56 Å². The zero-order valence-electron chi connectivity index (χ0n) is 9.98. The molecule has 0 unspecified atom stereocenters. The number of benzene rings is 1. The number of hydrogen-bond donors (Lipinski definition) is 0. The monoisotopic (exact) mass is 238 g/mol. The lowest BCUT2D eigenvalue weighted by atomic mass is 10.0. The van der Waals surface area contributed by atoms with Crippen molar-refractivity contribution in [2.45, 2.75) is 6.61 Å². The Kier molecular flexibility index (Phi) is 4.66. The van der Waals surface area contributed by atoms with Gasteiger partial charge >= 0.3 is 11.9 Å². The van der Waals surface area contributed by atoms with Crippen LogP contribution in [0.2, 0.25) is 0 Å². The van der Waals surface area contributed by atoms with E-state index in [1.807, 2.05) is 0 Å². The normalized spacial score (nSPS) is 9.82. The molecule has 1 aromatic rings. The molecule has 0 N–H and O–H groups in total. The summed E-state index contributed by atoms with van der Waals surface area (Å²) in [4.78, 5) is 23.0. The van der Waals surface area contributed by atoms with Crippen LogP contribution in [-0.2, 0) is 20.8 Å². The summed E-state index contributed by atoms with van der Waals surface area (Å²) in [6.07, 6.45) is 0. The molecule has 5 nitrogen and oxygen atoms in total. The van der Waals surface area contributed by atoms with Crippen molar-refractivity contribution in [2.75, 3.05) is 21.3 Å². The molecule has 92 valence electrons. The third kappa shape index (κ3) is 3.04. The van der Waals surface area contributed by atoms with Gasteiger partial charge in [0.15, 0.2) is 0 Å². The standard InChI is InChI=1S/C12H14O5/c1-15-7-8-4-5-9(11(13)16-2)10(6-8)12(14)17-3/h4-6H,7H2,1-3H3. The molecule has 17 heavy (non-hydrogen) atoms. The van der Waals surface area contributed by atoms with Gasteiger partial charge in [0.25, 0.3) is 0 Å². The Balaban J connectivity index is 3.21. The van der Waals surface area contributed by atoms with Crippen LogP contribution in [0.5, 0.6) is 0 Å². The van der Waals surface area contributed by atoms with E-state index in [-0.39, 0.29) is 11.1 Å². The summed E-state index contributed by atoms with van der Waals surface area (Å²) >= 11 is 0. The van der Waals surface area contributed by atoms with Crippen LogP contribution < -0.4 is 0 Å². The lowest BCUT2D eigenvalue weighted by Crippen LogP contribution is -2.12. The Hall–Kier alpha value is -1.88. The fraction of sp³-hybridized carbons (Fsp3) is 0.333. The number of rotatable bonds is 4. The quantitative estimate of drug-likeness (QED) is 0.742. The van der Waals surface area contributed by atoms with E-state index in [4.69, 9.17) is 4.74 Å². The molecule has 1 aromatic carbocycles. The summed E-state index contributed by atoms with van der Waals surface area (Å²) < 4.78 is 14.2. The van der Waals surface area contributed by atoms with Crippen molar-refractivity contribution in [3.63, 3.8) is 0 Å². The number of hydrogen-bond acceptors (Lipinski definition) is 5. The van der Waals surface area contributed by atoms with Crippen LogP contribution in [0.25, 0.3) is 0 Å². The van der Waals surface area contributed by atoms with Crippen LogP contribution in [0.15, 0.2) is 18.2 Å². The molecule has 0 saturated heterocycles. The first-order valence-electron chi connectivity index (χ1n) is 4.92. The van der Waals surface area contributed by atoms with E-state index in [9.17, 15) is 9.59 Å². The van der Waals surface area contributed by atoms with Crippen LogP contribution >= 0.6 is 0 Å². The highest BCUT2D eigenvalue weighted by atomic mass is 16.5. The maximum atomic E-state index is 11.5. The fourth-order valence-corrected chi connectivity index (χ4v) is 1.41. The van der Waals surface area contributed by atoms with E-state index in [2.05, 4.69) is 9.47 Å². The predicted molar refractivity (Wildman–Crippen MR) is 59.8 cm³/mol. The van der Waals surface area contributed by atoms with E-state index < -0.39 is 11.9 Å². The maximum absolute atomic E-state index is 11.5. The van der Waals surface area contributed by atoms with Crippen molar-refractivity contribution >= 4 is 11.9 Å². The molecule has 5 heteroatoms. The van der Waals surface area contributed by atoms with Gasteiger partial charge in [0.05, 0.1) is 32.0 Å². The van der Waals surface area contributed by atoms with Gasteiger partial charge in [-0.15, -0.1) is 0 Å². The molecular formula is C12H14O5. The summed E-state index contributed by atoms with van der Waals surface area (Å²) in [6, 6.07) is 4.77. The molecule has 0 aliphatic rings. The molecule has 0 aromatic heterocycles. The molecule has 0 radical (unpaired) electrons. The topological polar surface area (TPSA) is 61.8 Å². The van der Waals surface area contributed by atoms with E-state index in [0.29, 0.717) is 6.61 Å². The molecule has 0 bridgehead atoms. The van der Waals surface area contributed by atoms with Crippen LogP contribution in [0.4, 0.5) is 0 Å². The first-order valence-corrected chi connectivity index (χ1v) is 4.92. The zero-order valence-corrected chi connectivity index (χ0v) is 9.98. The Labute approximate surface area is 99.3 Å². The largest absolute Gasteiger partial charge is 0.465 e. The van der Waals surface area contributed by atoms with Crippen molar-refractivity contribution < 1.29 is 23.8 Å². The van der Waals surface area contributed by atoms with Gasteiger partial charge in [0, 0.05) is 7.11 Å². The maximum Gasteiger partial charge on any atom is 0.338 e. The van der Waals surface area contributed by atoms with Crippen LogP contribution in [0.1, 0.15) is 26.3 Å². The second-order valence-corrected chi connectivity index (χ2v) is 3.30. The minimum absolute atomic E-state index is 0.175. The van der Waals surface area contributed by atoms with Gasteiger partial charge in [-0.25, -0.2) is 9.59 Å². The third-order valence-electron chi connectivity index (χ3n) is 2.21. The van der Waals surface area contributed by atoms with Crippen molar-refractivity contribution in [3.8, 4) is 0 Å². The van der Waals surface area contributed by atoms with Crippen molar-refractivity contribution in [3.05, 3.63) is 34.9 Å². The molecule has 0 heterocycles. The van der Waals surface area contributed by atoms with Gasteiger partial charge in [-0.3, -0.25) is 0 Å². The average Bonchev–Trinajstić information content (AvgIpc) is 2.37. The lowest BCUT2D eigenvalue weighted by molar-refractivity contribution is 0.0555. The first-order chi connectivity index (χ1) is 8.13. The lowest BCUT2D eigenvalue weighted by Gasteiger charge is -2.08. The SMILES string of the molecule is COCc1ccc(C(=O)OC)c(C(=O)OC)c1. The Bertz CT molecular complexity index is 425. The van der Waals surface area contributed by atoms with Crippen LogP contribution in [0.3, 0.4) is 0 Å². The third-order valence-corrected chi connectivity index (χ3v) is 2.21. The highest BCUT2D eigenvalue weighted by molar-refractivity contribution is 6.03. The second-order valence-electron chi connectivity index (χ2n) is 3.30. The fourth-order valence-electron chi connectivity index (χ4n) is 1.41. The molecule has 0 aliphatic carbocycles. The van der Waals surface area contributed by atoms with Crippen molar-refractivity contribution in [2.24, 2.45) is 0 Å². The molecule has 0 saturated carbocycles. The van der Waals surface area contributed by atoms with E-state index >= 15 is 0 Å². The average molecular weight is 238 g/mol. The molecular weight excluding hydrogens is 224 g/mol. The van der Waals surface area contributed by atoms with Gasteiger partial charge in [0.2, 0.25) is 0 Å². The van der Waals surface area contributed by atoms with Gasteiger partial charge in [-0.1, -0.05) is 6.07 Å². The molecule has 0 aliphatic heterocycles. The number of esters is 2. The van der Waals surface area contributed by atoms with Gasteiger partial charge in [-0.05, 0) is 17.7 Å². The smallest absolute Gasteiger partial charge is 0.338 e. The summed E-state index contributed by atoms with van der Waals surface area (Å²) in [5, 5.41) is 0. The zero-order chi connectivity index (χ0) is 12.8. The van der Waals surface area contributed by atoms with E-state index in [1.165, 1.54) is 20.3 Å². The first kappa shape index (κ1) is 13.2. The number of carbonyl (C=O) groups is 2. The number of carbonyl (C=O) groups excluding carboxylic acids is 2. The minimum Gasteiger partial charge on any atom is -0.465 e. The second kappa shape index (κ2) is 6.00. The Morgan fingerprint density at radius 1 is 1.00 bits per heavy atom.